The number of aryl methyl sites for hydroxylation is 2. The Kier molecular flexibility index (Phi) is 6.56. The fourth-order valence-electron chi connectivity index (χ4n) is 4.93. The first kappa shape index (κ1) is 23.0. The highest BCUT2D eigenvalue weighted by atomic mass is 16.5. The van der Waals surface area contributed by atoms with Crippen LogP contribution in [0.4, 0.5) is 0 Å². The zero-order valence-corrected chi connectivity index (χ0v) is 19.8. The molecule has 1 amide bonds. The first-order valence-corrected chi connectivity index (χ1v) is 11.5. The number of aliphatic hydroxyl groups excluding tert-OH is 1. The summed E-state index contributed by atoms with van der Waals surface area (Å²) in [6.07, 6.45) is 3.54. The normalized spacial score (nSPS) is 21.1. The van der Waals surface area contributed by atoms with E-state index in [9.17, 15) is 14.7 Å². The summed E-state index contributed by atoms with van der Waals surface area (Å²) in [5, 5.41) is 15.7. The van der Waals surface area contributed by atoms with E-state index < -0.39 is 17.7 Å². The maximum Gasteiger partial charge on any atom is 0.295 e. The Balaban J connectivity index is 1.77. The Hall–Kier alpha value is -3.13. The minimum atomic E-state index is -0.667. The maximum atomic E-state index is 13.2. The van der Waals surface area contributed by atoms with Crippen LogP contribution in [0.25, 0.3) is 5.76 Å². The van der Waals surface area contributed by atoms with E-state index in [-0.39, 0.29) is 11.3 Å². The fourth-order valence-corrected chi connectivity index (χ4v) is 4.93. The minimum absolute atomic E-state index is 0.114. The van der Waals surface area contributed by atoms with Gasteiger partial charge in [0.1, 0.15) is 11.5 Å². The Morgan fingerprint density at radius 3 is 2.33 bits per heavy atom. The van der Waals surface area contributed by atoms with Crippen LogP contribution in [0.2, 0.25) is 0 Å². The summed E-state index contributed by atoms with van der Waals surface area (Å²) in [4.78, 5) is 30.4. The third-order valence-electron chi connectivity index (χ3n) is 6.82. The molecule has 0 saturated carbocycles. The second-order valence-corrected chi connectivity index (χ2v) is 8.84. The van der Waals surface area contributed by atoms with Crippen molar-refractivity contribution in [2.75, 3.05) is 33.3 Å². The molecule has 4 rings (SSSR count). The zero-order chi connectivity index (χ0) is 23.7. The van der Waals surface area contributed by atoms with Gasteiger partial charge in [-0.25, -0.2) is 0 Å². The summed E-state index contributed by atoms with van der Waals surface area (Å²) in [7, 11) is 3.38. The van der Waals surface area contributed by atoms with Gasteiger partial charge in [-0.2, -0.15) is 5.10 Å². The van der Waals surface area contributed by atoms with Gasteiger partial charge >= 0.3 is 0 Å². The largest absolute Gasteiger partial charge is 0.507 e. The van der Waals surface area contributed by atoms with E-state index in [1.807, 2.05) is 19.1 Å². The second kappa shape index (κ2) is 9.39. The van der Waals surface area contributed by atoms with E-state index >= 15 is 0 Å². The summed E-state index contributed by atoms with van der Waals surface area (Å²) in [6, 6.07) is 6.64. The van der Waals surface area contributed by atoms with Crippen molar-refractivity contribution in [1.29, 1.82) is 0 Å². The quantitative estimate of drug-likeness (QED) is 0.412. The molecule has 3 heterocycles. The Morgan fingerprint density at radius 1 is 1.09 bits per heavy atom. The summed E-state index contributed by atoms with van der Waals surface area (Å²) >= 11 is 0. The first-order chi connectivity index (χ1) is 15.8. The van der Waals surface area contributed by atoms with Gasteiger partial charge in [-0.05, 0) is 57.5 Å². The smallest absolute Gasteiger partial charge is 0.295 e. The van der Waals surface area contributed by atoms with Gasteiger partial charge in [-0.15, -0.1) is 0 Å². The lowest BCUT2D eigenvalue weighted by molar-refractivity contribution is -0.140. The predicted octanol–water partition coefficient (Wildman–Crippen LogP) is 2.95. The molecule has 1 atom stereocenters. The fraction of sp³-hybridized carbons (Fsp3) is 0.480. The number of piperidine rings is 1. The van der Waals surface area contributed by atoms with E-state index in [4.69, 9.17) is 4.74 Å². The molecule has 1 aromatic carbocycles. The number of carbonyl (C=O) groups excluding carboxylic acids is 2. The topological polar surface area (TPSA) is 87.9 Å². The molecule has 1 unspecified atom stereocenters. The van der Waals surface area contributed by atoms with Gasteiger partial charge in [0.2, 0.25) is 0 Å². The standard InChI is InChI=1S/C25H32N4O4/c1-16-20(17(2)27(3)26-16)23(30)21-22(18-8-10-19(33-4)11-9-18)29(25(32)24(21)31)15-14-28-12-6-5-7-13-28/h8-11,22,30H,5-7,12-15H2,1-4H3/b23-21+. The third-order valence-corrected chi connectivity index (χ3v) is 6.82. The van der Waals surface area contributed by atoms with Crippen molar-refractivity contribution in [2.45, 2.75) is 39.2 Å². The molecular formula is C25H32N4O4. The second-order valence-electron chi connectivity index (χ2n) is 8.84. The van der Waals surface area contributed by atoms with E-state index in [0.29, 0.717) is 30.1 Å². The van der Waals surface area contributed by atoms with Crippen molar-refractivity contribution < 1.29 is 19.4 Å². The molecule has 0 radical (unpaired) electrons. The van der Waals surface area contributed by atoms with Crippen molar-refractivity contribution in [2.24, 2.45) is 7.05 Å². The van der Waals surface area contributed by atoms with Crippen molar-refractivity contribution in [1.82, 2.24) is 19.6 Å². The molecule has 0 bridgehead atoms. The lowest BCUT2D eigenvalue weighted by Gasteiger charge is -2.31. The van der Waals surface area contributed by atoms with Gasteiger partial charge in [-0.3, -0.25) is 14.3 Å². The number of aromatic nitrogens is 2. The van der Waals surface area contributed by atoms with Crippen molar-refractivity contribution in [3.63, 3.8) is 0 Å². The number of Topliss-reactive ketones (excluding diaryl/α,β-unsaturated/α-hetero) is 1. The lowest BCUT2D eigenvalue weighted by atomic mass is 9.94. The van der Waals surface area contributed by atoms with Crippen molar-refractivity contribution >= 4 is 17.4 Å². The highest BCUT2D eigenvalue weighted by molar-refractivity contribution is 6.46. The van der Waals surface area contributed by atoms with Gasteiger partial charge in [-0.1, -0.05) is 18.6 Å². The van der Waals surface area contributed by atoms with Gasteiger partial charge in [0.05, 0.1) is 30.0 Å². The number of benzene rings is 1. The molecule has 176 valence electrons. The molecule has 8 nitrogen and oxygen atoms in total. The average Bonchev–Trinajstić information content (AvgIpc) is 3.23. The molecule has 8 heteroatoms. The van der Waals surface area contributed by atoms with Crippen LogP contribution in [-0.2, 0) is 16.6 Å². The van der Waals surface area contributed by atoms with E-state index in [1.54, 1.807) is 42.8 Å². The summed E-state index contributed by atoms with van der Waals surface area (Å²) in [6.45, 7) is 6.75. The van der Waals surface area contributed by atoms with Crippen LogP contribution in [0, 0.1) is 13.8 Å². The van der Waals surface area contributed by atoms with Gasteiger partial charge in [0.25, 0.3) is 11.7 Å². The molecular weight excluding hydrogens is 420 g/mol. The zero-order valence-electron chi connectivity index (χ0n) is 19.8. The average molecular weight is 453 g/mol. The number of amides is 1. The molecule has 2 fully saturated rings. The number of methoxy groups -OCH3 is 1. The highest BCUT2D eigenvalue weighted by Crippen LogP contribution is 2.40. The molecule has 0 aliphatic carbocycles. The number of hydrogen-bond donors (Lipinski definition) is 1. The van der Waals surface area contributed by atoms with Crippen LogP contribution in [0.5, 0.6) is 5.75 Å². The van der Waals surface area contributed by atoms with Gasteiger partial charge in [0.15, 0.2) is 0 Å². The van der Waals surface area contributed by atoms with Crippen LogP contribution in [0.1, 0.15) is 47.8 Å². The Morgan fingerprint density at radius 2 is 1.76 bits per heavy atom. The van der Waals surface area contributed by atoms with Gasteiger partial charge < -0.3 is 19.6 Å². The molecule has 0 spiro atoms. The third kappa shape index (κ3) is 4.27. The Bertz CT molecular complexity index is 1080. The van der Waals surface area contributed by atoms with Crippen molar-refractivity contribution in [3.05, 3.63) is 52.4 Å². The number of hydrogen-bond acceptors (Lipinski definition) is 6. The summed E-state index contributed by atoms with van der Waals surface area (Å²) < 4.78 is 6.94. The molecule has 1 aromatic heterocycles. The SMILES string of the molecule is COc1ccc(C2/C(=C(\O)c3c(C)nn(C)c3C)C(=O)C(=O)N2CCN2CCCCC2)cc1. The minimum Gasteiger partial charge on any atom is -0.507 e. The summed E-state index contributed by atoms with van der Waals surface area (Å²) in [5.74, 6) is -0.719. The number of nitrogens with zero attached hydrogens (tertiary/aromatic N) is 4. The number of ketones is 1. The van der Waals surface area contributed by atoms with Crippen molar-refractivity contribution in [3.8, 4) is 5.75 Å². The molecule has 2 aliphatic heterocycles. The number of likely N-dealkylation sites (tertiary alicyclic amines) is 2. The maximum absolute atomic E-state index is 13.2. The number of rotatable bonds is 6. The van der Waals surface area contributed by atoms with E-state index in [1.165, 1.54) is 6.42 Å². The van der Waals surface area contributed by atoms with E-state index in [2.05, 4.69) is 10.00 Å². The van der Waals surface area contributed by atoms with Gasteiger partial charge in [0, 0.05) is 25.8 Å². The molecule has 2 saturated heterocycles. The van der Waals surface area contributed by atoms with Crippen LogP contribution in [-0.4, -0.2) is 69.7 Å². The highest BCUT2D eigenvalue weighted by Gasteiger charge is 2.46. The predicted molar refractivity (Wildman–Crippen MR) is 125 cm³/mol. The molecule has 2 aromatic rings. The molecule has 1 N–H and O–H groups in total. The lowest BCUT2D eigenvalue weighted by Crippen LogP contribution is -2.39. The molecule has 33 heavy (non-hydrogen) atoms. The van der Waals surface area contributed by atoms with E-state index in [0.717, 1.165) is 37.2 Å². The monoisotopic (exact) mass is 452 g/mol. The van der Waals surface area contributed by atoms with Crippen LogP contribution >= 0.6 is 0 Å². The Labute approximate surface area is 194 Å². The molecule has 2 aliphatic rings. The van der Waals surface area contributed by atoms with Crippen LogP contribution in [0.3, 0.4) is 0 Å². The number of aliphatic hydroxyl groups is 1. The summed E-state index contributed by atoms with van der Waals surface area (Å²) in [5.41, 5.74) is 2.72. The van der Waals surface area contributed by atoms with Crippen LogP contribution in [0.15, 0.2) is 29.8 Å². The van der Waals surface area contributed by atoms with Crippen LogP contribution < -0.4 is 4.74 Å². The first-order valence-electron chi connectivity index (χ1n) is 11.5. The number of ether oxygens (including phenoxy) is 1. The number of carbonyl (C=O) groups is 2.